The minimum atomic E-state index is -0.762. The van der Waals surface area contributed by atoms with Crippen molar-refractivity contribution in [3.05, 3.63) is 0 Å². The molecule has 0 saturated carbocycles. The summed E-state index contributed by atoms with van der Waals surface area (Å²) in [5.41, 5.74) is 0. The van der Waals surface area contributed by atoms with Crippen LogP contribution in [0.5, 0.6) is 0 Å². The lowest BCUT2D eigenvalue weighted by molar-refractivity contribution is -0.883. The number of Topliss-reactive ketones (excluding diaryl/α,β-unsaturated/α-hetero) is 1. The predicted octanol–water partition coefficient (Wildman–Crippen LogP) is 5.20. The van der Waals surface area contributed by atoms with Crippen molar-refractivity contribution in [1.82, 2.24) is 0 Å². The van der Waals surface area contributed by atoms with Crippen LogP contribution < -0.4 is 0 Å². The third-order valence-electron chi connectivity index (χ3n) is 4.84. The molecular weight excluding hydrogens is 314 g/mol. The van der Waals surface area contributed by atoms with Crippen molar-refractivity contribution in [1.29, 1.82) is 0 Å². The number of unbranched alkanes of at least 4 members (excludes halogenated alkanes) is 10. The number of carboxylic acid groups (broad SMARTS) is 1. The fraction of sp³-hybridized carbons (Fsp3) is 0.905. The number of aliphatic carboxylic acids is 1. The standard InChI is InChI=1S/C21H41NO3/c1-4-5-6-7-8-9-10-11-12-13-16-20(23)17-14-15-18-22(2,3)19-21(24)25/h4-19H2,1-3H3/p+1. The van der Waals surface area contributed by atoms with Crippen LogP contribution in [0, 0.1) is 0 Å². The smallest absolute Gasteiger partial charge is 0.359 e. The molecule has 0 aromatic rings. The zero-order chi connectivity index (χ0) is 19.0. The molecule has 0 unspecified atom stereocenters. The van der Waals surface area contributed by atoms with E-state index in [-0.39, 0.29) is 6.54 Å². The van der Waals surface area contributed by atoms with Gasteiger partial charge in [0, 0.05) is 12.8 Å². The molecule has 0 radical (unpaired) electrons. The highest BCUT2D eigenvalue weighted by Gasteiger charge is 2.18. The SMILES string of the molecule is CCCCCCCCCCCCC(=O)CCCC[N+](C)(C)CC(=O)O. The molecular formula is C21H42NO3+. The Morgan fingerprint density at radius 1 is 0.720 bits per heavy atom. The van der Waals surface area contributed by atoms with Gasteiger partial charge in [0.15, 0.2) is 6.54 Å². The summed E-state index contributed by atoms with van der Waals surface area (Å²) in [7, 11) is 3.86. The zero-order valence-electron chi connectivity index (χ0n) is 17.0. The van der Waals surface area contributed by atoms with Gasteiger partial charge in [0.2, 0.25) is 0 Å². The molecule has 0 aromatic carbocycles. The molecule has 0 saturated heterocycles. The second kappa shape index (κ2) is 15.4. The van der Waals surface area contributed by atoms with Gasteiger partial charge in [-0.05, 0) is 19.3 Å². The van der Waals surface area contributed by atoms with Crippen molar-refractivity contribution >= 4 is 11.8 Å². The fourth-order valence-corrected chi connectivity index (χ4v) is 3.24. The molecule has 4 nitrogen and oxygen atoms in total. The Kier molecular flexibility index (Phi) is 14.8. The Hall–Kier alpha value is -0.900. The molecule has 0 aliphatic heterocycles. The number of quaternary nitrogens is 1. The van der Waals surface area contributed by atoms with Gasteiger partial charge in [0.25, 0.3) is 0 Å². The Labute approximate surface area is 155 Å². The summed E-state index contributed by atoms with van der Waals surface area (Å²) in [6, 6.07) is 0. The van der Waals surface area contributed by atoms with Crippen LogP contribution in [0.15, 0.2) is 0 Å². The average molecular weight is 357 g/mol. The summed E-state index contributed by atoms with van der Waals surface area (Å²) >= 11 is 0. The third-order valence-corrected chi connectivity index (χ3v) is 4.84. The monoisotopic (exact) mass is 356 g/mol. The van der Waals surface area contributed by atoms with E-state index in [2.05, 4.69) is 6.92 Å². The summed E-state index contributed by atoms with van der Waals surface area (Å²) in [5, 5.41) is 8.85. The predicted molar refractivity (Wildman–Crippen MR) is 105 cm³/mol. The number of rotatable bonds is 18. The van der Waals surface area contributed by atoms with Crippen LogP contribution in [0.2, 0.25) is 0 Å². The Bertz CT molecular complexity index is 353. The number of ketones is 1. The second-order valence-electron chi connectivity index (χ2n) is 8.14. The van der Waals surface area contributed by atoms with Crippen LogP contribution >= 0.6 is 0 Å². The molecule has 0 fully saturated rings. The number of carbonyl (C=O) groups excluding carboxylic acids is 1. The van der Waals surface area contributed by atoms with Gasteiger partial charge in [-0.15, -0.1) is 0 Å². The molecule has 0 spiro atoms. The summed E-state index contributed by atoms with van der Waals surface area (Å²) in [5.74, 6) is -0.384. The number of hydrogen-bond donors (Lipinski definition) is 1. The summed E-state index contributed by atoms with van der Waals surface area (Å²) in [6.45, 7) is 3.21. The first-order valence-corrected chi connectivity index (χ1v) is 10.4. The zero-order valence-corrected chi connectivity index (χ0v) is 17.0. The van der Waals surface area contributed by atoms with E-state index < -0.39 is 5.97 Å². The minimum absolute atomic E-state index is 0.145. The quantitative estimate of drug-likeness (QED) is 0.271. The highest BCUT2D eigenvalue weighted by atomic mass is 16.4. The van der Waals surface area contributed by atoms with E-state index in [1.54, 1.807) is 0 Å². The maximum Gasteiger partial charge on any atom is 0.359 e. The van der Waals surface area contributed by atoms with E-state index in [9.17, 15) is 9.59 Å². The van der Waals surface area contributed by atoms with Crippen LogP contribution in [0.3, 0.4) is 0 Å². The van der Waals surface area contributed by atoms with Gasteiger partial charge in [-0.25, -0.2) is 4.79 Å². The van der Waals surface area contributed by atoms with Crippen molar-refractivity contribution in [2.45, 2.75) is 96.8 Å². The van der Waals surface area contributed by atoms with Crippen molar-refractivity contribution < 1.29 is 19.2 Å². The van der Waals surface area contributed by atoms with Gasteiger partial charge in [-0.3, -0.25) is 4.79 Å². The number of likely N-dealkylation sites (N-methyl/N-ethyl adjacent to an activating group) is 1. The van der Waals surface area contributed by atoms with Crippen LogP contribution in [0.25, 0.3) is 0 Å². The molecule has 4 heteroatoms. The lowest BCUT2D eigenvalue weighted by Gasteiger charge is -2.27. The maximum absolute atomic E-state index is 11.9. The molecule has 0 amide bonds. The Morgan fingerprint density at radius 2 is 1.16 bits per heavy atom. The van der Waals surface area contributed by atoms with Crippen LogP contribution in [-0.4, -0.2) is 48.5 Å². The molecule has 0 atom stereocenters. The Balaban J connectivity index is 3.40. The second-order valence-corrected chi connectivity index (χ2v) is 8.14. The molecule has 0 aromatic heterocycles. The van der Waals surface area contributed by atoms with Gasteiger partial charge in [-0.1, -0.05) is 64.7 Å². The first-order chi connectivity index (χ1) is 11.9. The minimum Gasteiger partial charge on any atom is -0.477 e. The van der Waals surface area contributed by atoms with Gasteiger partial charge in [0.1, 0.15) is 5.78 Å². The fourth-order valence-electron chi connectivity index (χ4n) is 3.24. The van der Waals surface area contributed by atoms with Crippen LogP contribution in [0.4, 0.5) is 0 Å². The van der Waals surface area contributed by atoms with Crippen molar-refractivity contribution in [2.24, 2.45) is 0 Å². The summed E-state index contributed by atoms with van der Waals surface area (Å²) < 4.78 is 0.488. The molecule has 0 rings (SSSR count). The average Bonchev–Trinajstić information content (AvgIpc) is 2.52. The lowest BCUT2D eigenvalue weighted by Crippen LogP contribution is -2.44. The summed E-state index contributed by atoms with van der Waals surface area (Å²) in [6.07, 6.45) is 16.2. The molecule has 25 heavy (non-hydrogen) atoms. The number of nitrogens with zero attached hydrogens (tertiary/aromatic N) is 1. The Morgan fingerprint density at radius 3 is 1.64 bits per heavy atom. The normalized spacial score (nSPS) is 11.6. The lowest BCUT2D eigenvalue weighted by atomic mass is 10.0. The molecule has 0 aliphatic carbocycles. The van der Waals surface area contributed by atoms with E-state index in [1.807, 2.05) is 14.1 Å². The van der Waals surface area contributed by atoms with E-state index in [0.717, 1.165) is 32.2 Å². The first-order valence-electron chi connectivity index (χ1n) is 10.4. The summed E-state index contributed by atoms with van der Waals surface area (Å²) in [4.78, 5) is 22.6. The van der Waals surface area contributed by atoms with E-state index in [0.29, 0.717) is 16.7 Å². The number of carbonyl (C=O) groups is 2. The van der Waals surface area contributed by atoms with Crippen molar-refractivity contribution in [3.8, 4) is 0 Å². The van der Waals surface area contributed by atoms with Crippen LogP contribution in [0.1, 0.15) is 96.8 Å². The topological polar surface area (TPSA) is 54.4 Å². The van der Waals surface area contributed by atoms with Gasteiger partial charge in [-0.2, -0.15) is 0 Å². The van der Waals surface area contributed by atoms with Crippen molar-refractivity contribution in [2.75, 3.05) is 27.2 Å². The van der Waals surface area contributed by atoms with Gasteiger partial charge >= 0.3 is 5.97 Å². The van der Waals surface area contributed by atoms with E-state index in [1.165, 1.54) is 57.8 Å². The molecule has 0 heterocycles. The molecule has 1 N–H and O–H groups in total. The number of carboxylic acids is 1. The third kappa shape index (κ3) is 17.7. The van der Waals surface area contributed by atoms with Gasteiger partial charge < -0.3 is 9.59 Å². The maximum atomic E-state index is 11.9. The van der Waals surface area contributed by atoms with Crippen molar-refractivity contribution in [3.63, 3.8) is 0 Å². The van der Waals surface area contributed by atoms with Crippen LogP contribution in [-0.2, 0) is 9.59 Å². The molecule has 0 bridgehead atoms. The highest BCUT2D eigenvalue weighted by Crippen LogP contribution is 2.12. The number of hydrogen-bond acceptors (Lipinski definition) is 2. The molecule has 0 aliphatic rings. The van der Waals surface area contributed by atoms with Gasteiger partial charge in [0.05, 0.1) is 20.6 Å². The molecule has 148 valence electrons. The first kappa shape index (κ1) is 24.1. The van der Waals surface area contributed by atoms with E-state index in [4.69, 9.17) is 5.11 Å². The highest BCUT2D eigenvalue weighted by molar-refractivity contribution is 5.78. The van der Waals surface area contributed by atoms with E-state index >= 15 is 0 Å². The largest absolute Gasteiger partial charge is 0.477 e.